The second kappa shape index (κ2) is 8.51. The minimum absolute atomic E-state index is 0.0160. The first-order valence-electron chi connectivity index (χ1n) is 9.84. The summed E-state index contributed by atoms with van der Waals surface area (Å²) >= 11 is 1.43. The molecule has 3 rings (SSSR count). The molecule has 8 heteroatoms. The summed E-state index contributed by atoms with van der Waals surface area (Å²) in [6.45, 7) is 8.68. The molecule has 0 bridgehead atoms. The molecule has 0 saturated carbocycles. The highest BCUT2D eigenvalue weighted by Gasteiger charge is 2.34. The van der Waals surface area contributed by atoms with Gasteiger partial charge in [-0.1, -0.05) is 6.07 Å². The van der Waals surface area contributed by atoms with E-state index in [0.29, 0.717) is 39.3 Å². The molecule has 3 heterocycles. The van der Waals surface area contributed by atoms with Crippen molar-refractivity contribution in [1.82, 2.24) is 14.7 Å². The van der Waals surface area contributed by atoms with Gasteiger partial charge in [-0.05, 0) is 45.1 Å². The zero-order chi connectivity index (χ0) is 20.3. The minimum atomic E-state index is -0.523. The fourth-order valence-electron chi connectivity index (χ4n) is 3.61. The Balaban J connectivity index is 1.52. The molecule has 1 atom stereocenters. The molecule has 2 aliphatic heterocycles. The van der Waals surface area contributed by atoms with Crippen molar-refractivity contribution in [3.63, 3.8) is 0 Å². The number of amides is 3. The SMILES string of the molecule is CC(C)(C)OC(=O)N1CCN(C(=O)C2CCCN(C(=O)c3cccs3)C2)CC1. The van der Waals surface area contributed by atoms with Crippen LogP contribution in [0.1, 0.15) is 43.3 Å². The lowest BCUT2D eigenvalue weighted by atomic mass is 9.96. The summed E-state index contributed by atoms with van der Waals surface area (Å²) in [5.74, 6) is -0.0551. The summed E-state index contributed by atoms with van der Waals surface area (Å²) in [5.41, 5.74) is -0.523. The van der Waals surface area contributed by atoms with Gasteiger partial charge in [0.1, 0.15) is 5.60 Å². The second-order valence-electron chi connectivity index (χ2n) is 8.36. The third-order valence-corrected chi connectivity index (χ3v) is 5.89. The number of rotatable bonds is 2. The van der Waals surface area contributed by atoms with Crippen LogP contribution in [-0.2, 0) is 9.53 Å². The number of thiophene rings is 1. The van der Waals surface area contributed by atoms with E-state index in [1.54, 1.807) is 9.80 Å². The number of ether oxygens (including phenoxy) is 1. The third kappa shape index (κ3) is 5.04. The molecule has 0 aliphatic carbocycles. The van der Waals surface area contributed by atoms with Crippen LogP contribution in [0, 0.1) is 5.92 Å². The van der Waals surface area contributed by atoms with E-state index in [0.717, 1.165) is 17.7 Å². The maximum absolute atomic E-state index is 13.0. The Morgan fingerprint density at radius 1 is 1.04 bits per heavy atom. The average Bonchev–Trinajstić information content (AvgIpc) is 3.20. The maximum Gasteiger partial charge on any atom is 0.410 e. The molecule has 0 N–H and O–H groups in total. The van der Waals surface area contributed by atoms with Crippen molar-refractivity contribution in [2.75, 3.05) is 39.3 Å². The molecule has 7 nitrogen and oxygen atoms in total. The van der Waals surface area contributed by atoms with E-state index < -0.39 is 5.60 Å². The number of piperazine rings is 1. The Labute approximate surface area is 170 Å². The van der Waals surface area contributed by atoms with Gasteiger partial charge in [0.2, 0.25) is 5.91 Å². The monoisotopic (exact) mass is 407 g/mol. The van der Waals surface area contributed by atoms with Crippen LogP contribution in [0.2, 0.25) is 0 Å². The summed E-state index contributed by atoms with van der Waals surface area (Å²) in [6, 6.07) is 3.70. The molecular formula is C20H29N3O4S. The standard InChI is InChI=1S/C20H29N3O4S/c1-20(2,3)27-19(26)22-11-9-21(10-12-22)17(24)15-6-4-8-23(14-15)18(25)16-7-5-13-28-16/h5,7,13,15H,4,6,8-12,14H2,1-3H3. The first-order chi connectivity index (χ1) is 13.2. The molecule has 0 radical (unpaired) electrons. The van der Waals surface area contributed by atoms with Crippen LogP contribution in [0.15, 0.2) is 17.5 Å². The van der Waals surface area contributed by atoms with Gasteiger partial charge in [0.15, 0.2) is 0 Å². The van der Waals surface area contributed by atoms with E-state index in [2.05, 4.69) is 0 Å². The Hall–Kier alpha value is -2.09. The molecule has 1 aromatic rings. The summed E-state index contributed by atoms with van der Waals surface area (Å²) < 4.78 is 5.41. The molecule has 0 spiro atoms. The highest BCUT2D eigenvalue weighted by molar-refractivity contribution is 7.12. The van der Waals surface area contributed by atoms with Crippen molar-refractivity contribution in [3.8, 4) is 0 Å². The van der Waals surface area contributed by atoms with Gasteiger partial charge in [-0.25, -0.2) is 4.79 Å². The van der Waals surface area contributed by atoms with Gasteiger partial charge in [0.05, 0.1) is 10.8 Å². The predicted molar refractivity (Wildman–Crippen MR) is 107 cm³/mol. The number of likely N-dealkylation sites (tertiary alicyclic amines) is 1. The molecule has 28 heavy (non-hydrogen) atoms. The molecule has 2 fully saturated rings. The number of hydrogen-bond donors (Lipinski definition) is 0. The fraction of sp³-hybridized carbons (Fsp3) is 0.650. The third-order valence-electron chi connectivity index (χ3n) is 5.03. The van der Waals surface area contributed by atoms with Gasteiger partial charge >= 0.3 is 6.09 Å². The zero-order valence-corrected chi connectivity index (χ0v) is 17.7. The van der Waals surface area contributed by atoms with Gasteiger partial charge in [-0.15, -0.1) is 11.3 Å². The lowest BCUT2D eigenvalue weighted by molar-refractivity contribution is -0.138. The molecule has 2 aliphatic rings. The van der Waals surface area contributed by atoms with E-state index in [-0.39, 0.29) is 23.8 Å². The van der Waals surface area contributed by atoms with E-state index >= 15 is 0 Å². The largest absolute Gasteiger partial charge is 0.444 e. The first kappa shape index (κ1) is 20.6. The lowest BCUT2D eigenvalue weighted by Crippen LogP contribution is -2.54. The molecular weight excluding hydrogens is 378 g/mol. The van der Waals surface area contributed by atoms with Crippen molar-refractivity contribution < 1.29 is 19.1 Å². The topological polar surface area (TPSA) is 70.2 Å². The highest BCUT2D eigenvalue weighted by Crippen LogP contribution is 2.23. The van der Waals surface area contributed by atoms with Crippen molar-refractivity contribution in [3.05, 3.63) is 22.4 Å². The smallest absolute Gasteiger partial charge is 0.410 e. The van der Waals surface area contributed by atoms with E-state index in [1.165, 1.54) is 11.3 Å². The van der Waals surface area contributed by atoms with Gasteiger partial charge in [0, 0.05) is 39.3 Å². The van der Waals surface area contributed by atoms with Gasteiger partial charge < -0.3 is 19.4 Å². The van der Waals surface area contributed by atoms with Gasteiger partial charge in [-0.2, -0.15) is 0 Å². The number of carbonyl (C=O) groups excluding carboxylic acids is 3. The summed E-state index contributed by atoms with van der Waals surface area (Å²) in [7, 11) is 0. The summed E-state index contributed by atoms with van der Waals surface area (Å²) in [4.78, 5) is 43.7. The van der Waals surface area contributed by atoms with Crippen LogP contribution in [0.5, 0.6) is 0 Å². The van der Waals surface area contributed by atoms with Crippen LogP contribution < -0.4 is 0 Å². The van der Waals surface area contributed by atoms with E-state index in [4.69, 9.17) is 4.74 Å². The molecule has 154 valence electrons. The van der Waals surface area contributed by atoms with Crippen LogP contribution in [0.4, 0.5) is 4.79 Å². The number of hydrogen-bond acceptors (Lipinski definition) is 5. The van der Waals surface area contributed by atoms with Crippen molar-refractivity contribution in [2.45, 2.75) is 39.2 Å². The predicted octanol–water partition coefficient (Wildman–Crippen LogP) is 2.68. The van der Waals surface area contributed by atoms with Crippen LogP contribution in [-0.4, -0.2) is 77.5 Å². The quantitative estimate of drug-likeness (QED) is 0.756. The number of piperidine rings is 1. The van der Waals surface area contributed by atoms with Gasteiger partial charge in [0.25, 0.3) is 5.91 Å². The second-order valence-corrected chi connectivity index (χ2v) is 9.31. The molecule has 1 unspecified atom stereocenters. The highest BCUT2D eigenvalue weighted by atomic mass is 32.1. The average molecular weight is 408 g/mol. The van der Waals surface area contributed by atoms with Crippen LogP contribution >= 0.6 is 11.3 Å². The number of carbonyl (C=O) groups is 3. The zero-order valence-electron chi connectivity index (χ0n) is 16.8. The van der Waals surface area contributed by atoms with E-state index in [1.807, 2.05) is 43.2 Å². The summed E-state index contributed by atoms with van der Waals surface area (Å²) in [5, 5.41) is 1.89. The lowest BCUT2D eigenvalue weighted by Gasteiger charge is -2.39. The Morgan fingerprint density at radius 2 is 1.71 bits per heavy atom. The minimum Gasteiger partial charge on any atom is -0.444 e. The van der Waals surface area contributed by atoms with Crippen molar-refractivity contribution in [1.29, 1.82) is 0 Å². The van der Waals surface area contributed by atoms with Gasteiger partial charge in [-0.3, -0.25) is 9.59 Å². The Morgan fingerprint density at radius 3 is 2.32 bits per heavy atom. The maximum atomic E-state index is 13.0. The van der Waals surface area contributed by atoms with Crippen LogP contribution in [0.3, 0.4) is 0 Å². The fourth-order valence-corrected chi connectivity index (χ4v) is 4.30. The molecule has 1 aromatic heterocycles. The Kier molecular flexibility index (Phi) is 6.27. The molecule has 2 saturated heterocycles. The summed E-state index contributed by atoms with van der Waals surface area (Å²) in [6.07, 6.45) is 1.31. The first-order valence-corrected chi connectivity index (χ1v) is 10.7. The molecule has 3 amide bonds. The van der Waals surface area contributed by atoms with Crippen molar-refractivity contribution >= 4 is 29.2 Å². The van der Waals surface area contributed by atoms with Crippen molar-refractivity contribution in [2.24, 2.45) is 5.92 Å². The number of nitrogens with zero attached hydrogens (tertiary/aromatic N) is 3. The normalized spacial score (nSPS) is 20.8. The van der Waals surface area contributed by atoms with E-state index in [9.17, 15) is 14.4 Å². The van der Waals surface area contributed by atoms with Crippen LogP contribution in [0.25, 0.3) is 0 Å². The molecule has 0 aromatic carbocycles. The Bertz CT molecular complexity index is 706.